The van der Waals surface area contributed by atoms with Crippen LogP contribution in [0.1, 0.15) is 29.1 Å². The van der Waals surface area contributed by atoms with Crippen molar-refractivity contribution in [2.24, 2.45) is 17.6 Å². The number of carbonyl (C=O) groups is 1. The van der Waals surface area contributed by atoms with Gasteiger partial charge < -0.3 is 15.4 Å². The molecule has 10 heteroatoms. The first-order chi connectivity index (χ1) is 17.8. The van der Waals surface area contributed by atoms with E-state index in [0.717, 1.165) is 11.1 Å². The molecule has 2 N–H and O–H groups in total. The van der Waals surface area contributed by atoms with Gasteiger partial charge in [-0.3, -0.25) is 4.79 Å². The minimum atomic E-state index is -0.600. The molecule has 6 rings (SSSR count). The number of hydrogen-bond acceptors (Lipinski definition) is 8. The number of benzene rings is 1. The smallest absolute Gasteiger partial charge is 0.265 e. The van der Waals surface area contributed by atoms with Crippen molar-refractivity contribution in [1.82, 2.24) is 24.8 Å². The molecule has 0 unspecified atom stereocenters. The van der Waals surface area contributed by atoms with Crippen LogP contribution >= 0.6 is 11.3 Å². The second-order valence-electron chi connectivity index (χ2n) is 10.0. The number of nitrogens with zero attached hydrogens (tertiary/aromatic N) is 5. The largest absolute Gasteiger partial charge is 0.474 e. The molecule has 3 aromatic heterocycles. The van der Waals surface area contributed by atoms with E-state index in [1.54, 1.807) is 36.8 Å². The summed E-state index contributed by atoms with van der Waals surface area (Å²) in [5.41, 5.74) is 8.12. The minimum absolute atomic E-state index is 0.0107. The first kappa shape index (κ1) is 23.6. The molecule has 8 nitrogen and oxygen atoms in total. The van der Waals surface area contributed by atoms with Crippen molar-refractivity contribution in [2.75, 3.05) is 13.1 Å². The third-order valence-electron chi connectivity index (χ3n) is 6.82. The van der Waals surface area contributed by atoms with Crippen molar-refractivity contribution in [2.45, 2.75) is 25.5 Å². The minimum Gasteiger partial charge on any atom is -0.474 e. The fourth-order valence-corrected chi connectivity index (χ4v) is 5.53. The normalized spacial score (nSPS) is 20.5. The molecular formula is C27H25FN6O2S. The van der Waals surface area contributed by atoms with Gasteiger partial charge in [0.2, 0.25) is 5.88 Å². The van der Waals surface area contributed by atoms with Crippen LogP contribution in [0, 0.1) is 17.7 Å². The Hall–Kier alpha value is -3.76. The molecule has 0 spiro atoms. The summed E-state index contributed by atoms with van der Waals surface area (Å²) in [6.07, 6.45) is 4.89. The first-order valence-corrected chi connectivity index (χ1v) is 12.8. The van der Waals surface area contributed by atoms with Gasteiger partial charge in [0, 0.05) is 54.5 Å². The summed E-state index contributed by atoms with van der Waals surface area (Å²) in [6, 6.07) is 11.7. The fraction of sp³-hybridized carbons (Fsp3) is 0.296. The number of piperidine rings is 1. The van der Waals surface area contributed by atoms with Crippen molar-refractivity contribution in [3.8, 4) is 28.0 Å². The molecule has 4 heterocycles. The number of amides is 1. The molecule has 0 bridgehead atoms. The number of fused-ring (bicyclic) bond motifs is 1. The number of aromatic nitrogens is 4. The lowest BCUT2D eigenvalue weighted by atomic mass is 9.95. The van der Waals surface area contributed by atoms with Crippen LogP contribution < -0.4 is 10.5 Å². The van der Waals surface area contributed by atoms with Crippen LogP contribution in [-0.4, -0.2) is 49.9 Å². The van der Waals surface area contributed by atoms with E-state index in [0.29, 0.717) is 40.4 Å². The lowest BCUT2D eigenvalue weighted by Crippen LogP contribution is -2.33. The molecule has 188 valence electrons. The number of thiazole rings is 1. The second kappa shape index (κ2) is 8.97. The van der Waals surface area contributed by atoms with Gasteiger partial charge in [-0.1, -0.05) is 0 Å². The van der Waals surface area contributed by atoms with Gasteiger partial charge >= 0.3 is 0 Å². The molecule has 1 amide bonds. The molecule has 1 saturated carbocycles. The van der Waals surface area contributed by atoms with Gasteiger partial charge in [0.15, 0.2) is 10.8 Å². The summed E-state index contributed by atoms with van der Waals surface area (Å²) in [7, 11) is 0. The highest BCUT2D eigenvalue weighted by molar-refractivity contribution is 7.16. The SMILES string of the molecule is CC(C)(N)c1cc(O[C@@H]2[C@@H]3CN(C(=O)c4cnc(-c5ncccn5)s4)C[C@@H]32)nc(-c2ccc(F)cc2)c1. The molecule has 2 aliphatic rings. The van der Waals surface area contributed by atoms with Gasteiger partial charge in [0.25, 0.3) is 5.91 Å². The average molecular weight is 517 g/mol. The van der Waals surface area contributed by atoms with Gasteiger partial charge in [-0.15, -0.1) is 11.3 Å². The highest BCUT2D eigenvalue weighted by Gasteiger charge is 2.59. The van der Waals surface area contributed by atoms with Gasteiger partial charge in [0.05, 0.1) is 11.9 Å². The Morgan fingerprint density at radius 1 is 1.11 bits per heavy atom. The lowest BCUT2D eigenvalue weighted by Gasteiger charge is -2.22. The first-order valence-electron chi connectivity index (χ1n) is 12.0. The maximum Gasteiger partial charge on any atom is 0.265 e. The zero-order valence-corrected chi connectivity index (χ0v) is 21.2. The Bertz CT molecular complexity index is 1440. The summed E-state index contributed by atoms with van der Waals surface area (Å²) in [5.74, 6) is 1.17. The van der Waals surface area contributed by atoms with Gasteiger partial charge in [-0.25, -0.2) is 24.3 Å². The Balaban J connectivity index is 1.14. The van der Waals surface area contributed by atoms with Crippen molar-refractivity contribution < 1.29 is 13.9 Å². The third kappa shape index (κ3) is 4.70. The quantitative estimate of drug-likeness (QED) is 0.410. The zero-order chi connectivity index (χ0) is 25.7. The highest BCUT2D eigenvalue weighted by Crippen LogP contribution is 2.48. The number of hydrogen-bond donors (Lipinski definition) is 1. The van der Waals surface area contributed by atoms with Crippen LogP contribution in [-0.2, 0) is 5.54 Å². The number of ether oxygens (including phenoxy) is 1. The van der Waals surface area contributed by atoms with E-state index in [-0.39, 0.29) is 29.7 Å². The Morgan fingerprint density at radius 2 is 1.81 bits per heavy atom. The van der Waals surface area contributed by atoms with Crippen LogP contribution in [0.3, 0.4) is 0 Å². The molecule has 1 aliphatic carbocycles. The summed E-state index contributed by atoms with van der Waals surface area (Å²) in [6.45, 7) is 5.08. The van der Waals surface area contributed by atoms with Crippen LogP contribution in [0.15, 0.2) is 61.1 Å². The standard InChI is InChI=1S/C27H25FN6O2S/c1-27(2,29)16-10-20(15-4-6-17(28)7-5-15)33-22(11-16)36-23-18-13-34(14-19(18)23)26(35)21-12-32-25(37-21)24-30-8-3-9-31-24/h3-12,18-19,23H,13-14,29H2,1-2H3/t18-,19+,23-. The Labute approximate surface area is 217 Å². The second-order valence-corrected chi connectivity index (χ2v) is 11.1. The number of carbonyl (C=O) groups excluding carboxylic acids is 1. The van der Waals surface area contributed by atoms with E-state index in [1.807, 2.05) is 30.9 Å². The van der Waals surface area contributed by atoms with Gasteiger partial charge in [0.1, 0.15) is 16.8 Å². The summed E-state index contributed by atoms with van der Waals surface area (Å²) in [4.78, 5) is 32.9. The van der Waals surface area contributed by atoms with Crippen LogP contribution in [0.4, 0.5) is 4.39 Å². The van der Waals surface area contributed by atoms with Gasteiger partial charge in [-0.05, 0) is 55.8 Å². The zero-order valence-electron chi connectivity index (χ0n) is 20.3. The average Bonchev–Trinajstić information content (AvgIpc) is 3.27. The number of pyridine rings is 1. The van der Waals surface area contributed by atoms with Crippen molar-refractivity contribution in [3.63, 3.8) is 0 Å². The van der Waals surface area contributed by atoms with Crippen molar-refractivity contribution in [1.29, 1.82) is 0 Å². The molecule has 37 heavy (non-hydrogen) atoms. The van der Waals surface area contributed by atoms with E-state index in [2.05, 4.69) is 19.9 Å². The molecule has 1 saturated heterocycles. The maximum atomic E-state index is 13.4. The van der Waals surface area contributed by atoms with Crippen molar-refractivity contribution >= 4 is 17.2 Å². The van der Waals surface area contributed by atoms with Crippen LogP contribution in [0.2, 0.25) is 0 Å². The Morgan fingerprint density at radius 3 is 2.49 bits per heavy atom. The number of likely N-dealkylation sites (tertiary alicyclic amines) is 1. The Kier molecular flexibility index (Phi) is 5.73. The topological polar surface area (TPSA) is 107 Å². The van der Waals surface area contributed by atoms with Crippen LogP contribution in [0.25, 0.3) is 22.1 Å². The molecule has 4 aromatic rings. The highest BCUT2D eigenvalue weighted by atomic mass is 32.1. The predicted octanol–water partition coefficient (Wildman–Crippen LogP) is 4.14. The number of rotatable bonds is 6. The van der Waals surface area contributed by atoms with E-state index in [1.165, 1.54) is 23.5 Å². The number of halogens is 1. The van der Waals surface area contributed by atoms with Crippen LogP contribution in [0.5, 0.6) is 5.88 Å². The summed E-state index contributed by atoms with van der Waals surface area (Å²) >= 11 is 1.30. The molecule has 1 aromatic carbocycles. The van der Waals surface area contributed by atoms with Gasteiger partial charge in [-0.2, -0.15) is 0 Å². The molecule has 1 aliphatic heterocycles. The third-order valence-corrected chi connectivity index (χ3v) is 7.80. The molecule has 3 atom stereocenters. The fourth-order valence-electron chi connectivity index (χ4n) is 4.70. The van der Waals surface area contributed by atoms with E-state index >= 15 is 0 Å². The molecule has 0 radical (unpaired) electrons. The summed E-state index contributed by atoms with van der Waals surface area (Å²) < 4.78 is 19.7. The van der Waals surface area contributed by atoms with Crippen molar-refractivity contribution in [3.05, 3.63) is 77.3 Å². The molecular weight excluding hydrogens is 491 g/mol. The molecule has 2 fully saturated rings. The lowest BCUT2D eigenvalue weighted by molar-refractivity contribution is 0.0756. The van der Waals surface area contributed by atoms with E-state index in [9.17, 15) is 9.18 Å². The maximum absolute atomic E-state index is 13.4. The van der Waals surface area contributed by atoms with E-state index < -0.39 is 5.54 Å². The predicted molar refractivity (Wildman–Crippen MR) is 137 cm³/mol. The summed E-state index contributed by atoms with van der Waals surface area (Å²) in [5, 5.41) is 0.625. The number of nitrogens with two attached hydrogens (primary N) is 1. The van der Waals surface area contributed by atoms with E-state index in [4.69, 9.17) is 10.5 Å². The monoisotopic (exact) mass is 516 g/mol.